The largest absolute Gasteiger partial charge is 0.458 e. The van der Waals surface area contributed by atoms with Crippen LogP contribution in [-0.4, -0.2) is 20.7 Å². The predicted molar refractivity (Wildman–Crippen MR) is 112 cm³/mol. The Morgan fingerprint density at radius 3 is 2.66 bits per heavy atom. The van der Waals surface area contributed by atoms with Gasteiger partial charge < -0.3 is 9.73 Å². The van der Waals surface area contributed by atoms with Crippen LogP contribution in [0.5, 0.6) is 0 Å². The lowest BCUT2D eigenvalue weighted by atomic mass is 10.1. The number of hydrogen-bond donors (Lipinski definition) is 1. The molecule has 4 aromatic rings. The lowest BCUT2D eigenvalue weighted by molar-refractivity contribution is 0.0942. The third kappa shape index (κ3) is 3.71. The van der Waals surface area contributed by atoms with Gasteiger partial charge in [0.1, 0.15) is 11.5 Å². The van der Waals surface area contributed by atoms with Gasteiger partial charge in [-0.1, -0.05) is 18.2 Å². The summed E-state index contributed by atoms with van der Waals surface area (Å²) in [6, 6.07) is 10.5. The summed E-state index contributed by atoms with van der Waals surface area (Å²) in [6.45, 7) is 5.86. The summed E-state index contributed by atoms with van der Waals surface area (Å²) in [7, 11) is 0. The number of aryl methyl sites for hydroxylation is 1. The number of thiazole rings is 1. The van der Waals surface area contributed by atoms with Crippen LogP contribution in [0.1, 0.15) is 41.1 Å². The Kier molecular flexibility index (Phi) is 5.02. The minimum atomic E-state index is -0.363. The van der Waals surface area contributed by atoms with Crippen LogP contribution in [0.4, 0.5) is 0 Å². The van der Waals surface area contributed by atoms with Gasteiger partial charge in [-0.3, -0.25) is 9.59 Å². The summed E-state index contributed by atoms with van der Waals surface area (Å²) in [5.41, 5.74) is 0.791. The molecule has 1 N–H and O–H groups in total. The van der Waals surface area contributed by atoms with Gasteiger partial charge >= 0.3 is 0 Å². The Balaban J connectivity index is 1.59. The van der Waals surface area contributed by atoms with E-state index in [9.17, 15) is 9.59 Å². The van der Waals surface area contributed by atoms with Gasteiger partial charge in [-0.05, 0) is 39.0 Å². The molecule has 0 bridgehead atoms. The number of carbonyl (C=O) groups is 1. The van der Waals surface area contributed by atoms with Crippen molar-refractivity contribution in [1.82, 2.24) is 20.1 Å². The minimum absolute atomic E-state index is 0.159. The van der Waals surface area contributed by atoms with E-state index in [1.165, 1.54) is 4.68 Å². The van der Waals surface area contributed by atoms with E-state index in [2.05, 4.69) is 15.4 Å². The monoisotopic (exact) mass is 408 g/mol. The summed E-state index contributed by atoms with van der Waals surface area (Å²) in [5.74, 6) is 0.911. The fourth-order valence-electron chi connectivity index (χ4n) is 3.06. The van der Waals surface area contributed by atoms with Crippen molar-refractivity contribution in [3.8, 4) is 11.5 Å². The molecule has 0 aliphatic carbocycles. The van der Waals surface area contributed by atoms with Crippen LogP contribution in [0, 0.1) is 6.92 Å². The number of benzene rings is 1. The van der Waals surface area contributed by atoms with Crippen molar-refractivity contribution in [3.05, 3.63) is 68.6 Å². The topological polar surface area (TPSA) is 90.0 Å². The number of hydrogen-bond acceptors (Lipinski definition) is 6. The highest BCUT2D eigenvalue weighted by Crippen LogP contribution is 2.24. The molecule has 0 spiro atoms. The maximum atomic E-state index is 12.9. The first kappa shape index (κ1) is 19.1. The van der Waals surface area contributed by atoms with Crippen LogP contribution in [0.3, 0.4) is 0 Å². The van der Waals surface area contributed by atoms with Crippen molar-refractivity contribution < 1.29 is 9.21 Å². The van der Waals surface area contributed by atoms with E-state index in [0.29, 0.717) is 22.3 Å². The molecule has 8 heteroatoms. The van der Waals surface area contributed by atoms with Crippen LogP contribution in [0.15, 0.2) is 51.0 Å². The van der Waals surface area contributed by atoms with E-state index >= 15 is 0 Å². The molecule has 7 nitrogen and oxygen atoms in total. The molecular formula is C21H20N4O3S. The number of nitrogens with one attached hydrogen (secondary N) is 1. The lowest BCUT2D eigenvalue weighted by Gasteiger charge is -2.13. The number of rotatable bonds is 5. The SMILES string of the molecule is Cc1nc(-c2ccc(CNC(=O)c3nn(C(C)C)c(=O)c4ccccc34)o2)cs1. The van der Waals surface area contributed by atoms with E-state index in [4.69, 9.17) is 4.42 Å². The number of aromatic nitrogens is 3. The second-order valence-corrected chi connectivity index (χ2v) is 8.00. The first-order valence-corrected chi connectivity index (χ1v) is 10.1. The molecule has 3 aromatic heterocycles. The zero-order valence-corrected chi connectivity index (χ0v) is 17.1. The lowest BCUT2D eigenvalue weighted by Crippen LogP contribution is -2.31. The van der Waals surface area contributed by atoms with Crippen LogP contribution in [0.25, 0.3) is 22.2 Å². The van der Waals surface area contributed by atoms with E-state index in [-0.39, 0.29) is 29.7 Å². The predicted octanol–water partition coefficient (Wildman–Crippen LogP) is 3.93. The smallest absolute Gasteiger partial charge is 0.274 e. The second kappa shape index (κ2) is 7.63. The molecule has 0 unspecified atom stereocenters. The van der Waals surface area contributed by atoms with Gasteiger partial charge in [0.05, 0.1) is 23.0 Å². The number of amides is 1. The van der Waals surface area contributed by atoms with Crippen LogP contribution in [0.2, 0.25) is 0 Å². The van der Waals surface area contributed by atoms with Crippen molar-refractivity contribution in [3.63, 3.8) is 0 Å². The Morgan fingerprint density at radius 1 is 1.21 bits per heavy atom. The standard InChI is InChI=1S/C21H20N4O3S/c1-12(2)25-21(27)16-7-5-4-6-15(16)19(24-25)20(26)22-10-14-8-9-18(28-14)17-11-29-13(3)23-17/h4-9,11-12H,10H2,1-3H3,(H,22,26). The molecule has 0 fully saturated rings. The van der Waals surface area contributed by atoms with Crippen molar-refractivity contribution in [2.24, 2.45) is 0 Å². The highest BCUT2D eigenvalue weighted by molar-refractivity contribution is 7.09. The fourth-order valence-corrected chi connectivity index (χ4v) is 3.66. The first-order chi connectivity index (χ1) is 13.9. The number of carbonyl (C=O) groups excluding carboxylic acids is 1. The average Bonchev–Trinajstić information content (AvgIpc) is 3.35. The molecule has 3 heterocycles. The van der Waals surface area contributed by atoms with Gasteiger partial charge in [-0.25, -0.2) is 9.67 Å². The Labute approximate surface area is 171 Å². The maximum Gasteiger partial charge on any atom is 0.274 e. The van der Waals surface area contributed by atoms with Gasteiger partial charge in [0, 0.05) is 10.8 Å². The summed E-state index contributed by atoms with van der Waals surface area (Å²) >= 11 is 1.55. The zero-order chi connectivity index (χ0) is 20.5. The van der Waals surface area contributed by atoms with Crippen molar-refractivity contribution >= 4 is 28.0 Å². The van der Waals surface area contributed by atoms with Crippen LogP contribution >= 0.6 is 11.3 Å². The number of nitrogens with zero attached hydrogens (tertiary/aromatic N) is 3. The van der Waals surface area contributed by atoms with Gasteiger partial charge in [0.15, 0.2) is 11.5 Å². The zero-order valence-electron chi connectivity index (χ0n) is 16.3. The van der Waals surface area contributed by atoms with Crippen LogP contribution < -0.4 is 10.9 Å². The van der Waals surface area contributed by atoms with E-state index in [1.807, 2.05) is 38.3 Å². The average molecular weight is 408 g/mol. The molecule has 148 valence electrons. The molecule has 1 amide bonds. The number of fused-ring (bicyclic) bond motifs is 1. The first-order valence-electron chi connectivity index (χ1n) is 9.25. The van der Waals surface area contributed by atoms with Crippen molar-refractivity contribution in [2.45, 2.75) is 33.4 Å². The Bertz CT molecular complexity index is 1250. The highest BCUT2D eigenvalue weighted by Gasteiger charge is 2.18. The van der Waals surface area contributed by atoms with Gasteiger partial charge in [-0.15, -0.1) is 11.3 Å². The van der Waals surface area contributed by atoms with Crippen molar-refractivity contribution in [1.29, 1.82) is 0 Å². The van der Waals surface area contributed by atoms with E-state index in [0.717, 1.165) is 10.7 Å². The molecule has 0 saturated heterocycles. The van der Waals surface area contributed by atoms with E-state index in [1.54, 1.807) is 35.6 Å². The maximum absolute atomic E-state index is 12.9. The Morgan fingerprint density at radius 2 is 1.97 bits per heavy atom. The molecular weight excluding hydrogens is 388 g/mol. The van der Waals surface area contributed by atoms with Crippen LogP contribution in [-0.2, 0) is 6.54 Å². The molecule has 4 rings (SSSR count). The summed E-state index contributed by atoms with van der Waals surface area (Å²) in [6.07, 6.45) is 0. The third-order valence-electron chi connectivity index (χ3n) is 4.49. The second-order valence-electron chi connectivity index (χ2n) is 6.94. The minimum Gasteiger partial charge on any atom is -0.458 e. The fraction of sp³-hybridized carbons (Fsp3) is 0.238. The molecule has 0 aliphatic heterocycles. The molecule has 0 radical (unpaired) electrons. The third-order valence-corrected chi connectivity index (χ3v) is 5.26. The molecule has 0 atom stereocenters. The van der Waals surface area contributed by atoms with Crippen molar-refractivity contribution in [2.75, 3.05) is 0 Å². The quantitative estimate of drug-likeness (QED) is 0.540. The summed E-state index contributed by atoms with van der Waals surface area (Å²) in [5, 5.41) is 11.1. The summed E-state index contributed by atoms with van der Waals surface area (Å²) < 4.78 is 7.13. The summed E-state index contributed by atoms with van der Waals surface area (Å²) in [4.78, 5) is 29.9. The molecule has 0 aliphatic rings. The van der Waals surface area contributed by atoms with E-state index < -0.39 is 0 Å². The molecule has 0 saturated carbocycles. The number of furan rings is 1. The Hall–Kier alpha value is -3.26. The molecule has 1 aromatic carbocycles. The normalized spacial score (nSPS) is 11.3. The van der Waals surface area contributed by atoms with Gasteiger partial charge in [0.25, 0.3) is 11.5 Å². The highest BCUT2D eigenvalue weighted by atomic mass is 32.1. The van der Waals surface area contributed by atoms with Gasteiger partial charge in [-0.2, -0.15) is 5.10 Å². The molecule has 29 heavy (non-hydrogen) atoms. The van der Waals surface area contributed by atoms with Gasteiger partial charge in [0.2, 0.25) is 0 Å².